The molecule has 0 aliphatic rings. The quantitative estimate of drug-likeness (QED) is 0.270. The number of halogens is 1. The first-order chi connectivity index (χ1) is 10.5. The maximum atomic E-state index is 11.8. The van der Waals surface area contributed by atoms with Gasteiger partial charge in [0.1, 0.15) is 0 Å². The van der Waals surface area contributed by atoms with E-state index in [-0.39, 0.29) is 29.9 Å². The van der Waals surface area contributed by atoms with E-state index in [1.165, 1.54) is 0 Å². The molecular weight excluding hydrogens is 403 g/mol. The van der Waals surface area contributed by atoms with Crippen LogP contribution in [-0.2, 0) is 11.3 Å². The Bertz CT molecular complexity index is 529. The monoisotopic (exact) mass is 430 g/mol. The zero-order valence-corrected chi connectivity index (χ0v) is 16.4. The molecule has 23 heavy (non-hydrogen) atoms. The fourth-order valence-electron chi connectivity index (χ4n) is 1.92. The molecule has 0 fully saturated rings. The summed E-state index contributed by atoms with van der Waals surface area (Å²) in [6, 6.07) is 7.80. The number of anilines is 1. The van der Waals surface area contributed by atoms with Crippen LogP contribution in [0.25, 0.3) is 0 Å². The van der Waals surface area contributed by atoms with Crippen LogP contribution in [-0.4, -0.2) is 25.5 Å². The van der Waals surface area contributed by atoms with E-state index < -0.39 is 0 Å². The third-order valence-electron chi connectivity index (χ3n) is 2.90. The predicted octanol–water partition coefficient (Wildman–Crippen LogP) is 3.14. The third kappa shape index (κ3) is 9.22. The number of hydrogen-bond acceptors (Lipinski definition) is 2. The SMILES string of the molecule is C=CCNC(=NC)NCc1cccc(NC(=O)CC(C)C)c1.I. The molecule has 0 saturated heterocycles. The van der Waals surface area contributed by atoms with Gasteiger partial charge < -0.3 is 16.0 Å². The van der Waals surface area contributed by atoms with Gasteiger partial charge in [0.25, 0.3) is 0 Å². The summed E-state index contributed by atoms with van der Waals surface area (Å²) in [5, 5.41) is 9.24. The van der Waals surface area contributed by atoms with Crippen molar-refractivity contribution in [2.24, 2.45) is 10.9 Å². The zero-order valence-electron chi connectivity index (χ0n) is 14.1. The Hall–Kier alpha value is -1.57. The summed E-state index contributed by atoms with van der Waals surface area (Å²) in [5.41, 5.74) is 1.89. The smallest absolute Gasteiger partial charge is 0.224 e. The molecule has 128 valence electrons. The molecule has 3 N–H and O–H groups in total. The number of amides is 1. The zero-order chi connectivity index (χ0) is 16.4. The molecule has 5 nitrogen and oxygen atoms in total. The average molecular weight is 430 g/mol. The van der Waals surface area contributed by atoms with Gasteiger partial charge in [0, 0.05) is 32.2 Å². The highest BCUT2D eigenvalue weighted by Gasteiger charge is 2.05. The summed E-state index contributed by atoms with van der Waals surface area (Å²) >= 11 is 0. The van der Waals surface area contributed by atoms with E-state index in [0.717, 1.165) is 11.3 Å². The molecule has 1 aromatic carbocycles. The number of nitrogens with one attached hydrogen (secondary N) is 3. The Morgan fingerprint density at radius 2 is 2.09 bits per heavy atom. The number of guanidine groups is 1. The number of benzene rings is 1. The van der Waals surface area contributed by atoms with E-state index in [4.69, 9.17) is 0 Å². The van der Waals surface area contributed by atoms with Crippen molar-refractivity contribution in [1.29, 1.82) is 0 Å². The number of hydrogen-bond donors (Lipinski definition) is 3. The standard InChI is InChI=1S/C17H26N4O.HI/c1-5-9-19-17(18-4)20-12-14-7-6-8-15(11-14)21-16(22)10-13(2)3;/h5-8,11,13H,1,9-10,12H2,2-4H3,(H,21,22)(H2,18,19,20);1H. The highest BCUT2D eigenvalue weighted by Crippen LogP contribution is 2.12. The minimum atomic E-state index is 0. The van der Waals surface area contributed by atoms with Crippen LogP contribution >= 0.6 is 24.0 Å². The molecule has 0 saturated carbocycles. The van der Waals surface area contributed by atoms with Crippen LogP contribution in [0.5, 0.6) is 0 Å². The van der Waals surface area contributed by atoms with Crippen molar-refractivity contribution >= 4 is 41.5 Å². The van der Waals surface area contributed by atoms with E-state index in [1.807, 2.05) is 38.1 Å². The third-order valence-corrected chi connectivity index (χ3v) is 2.90. The number of carbonyl (C=O) groups excluding carboxylic acids is 1. The molecule has 1 aromatic rings. The summed E-state index contributed by atoms with van der Waals surface area (Å²) in [7, 11) is 1.72. The minimum Gasteiger partial charge on any atom is -0.353 e. The fourth-order valence-corrected chi connectivity index (χ4v) is 1.92. The Labute approximate surface area is 156 Å². The first kappa shape index (κ1) is 21.4. The lowest BCUT2D eigenvalue weighted by Gasteiger charge is -2.12. The van der Waals surface area contributed by atoms with Gasteiger partial charge in [0.05, 0.1) is 0 Å². The predicted molar refractivity (Wildman–Crippen MR) is 108 cm³/mol. The number of rotatable bonds is 7. The lowest BCUT2D eigenvalue weighted by Crippen LogP contribution is -2.36. The van der Waals surface area contributed by atoms with E-state index in [9.17, 15) is 4.79 Å². The number of nitrogens with zero attached hydrogens (tertiary/aromatic N) is 1. The summed E-state index contributed by atoms with van der Waals surface area (Å²) in [5.74, 6) is 1.11. The molecule has 0 unspecified atom stereocenters. The summed E-state index contributed by atoms with van der Waals surface area (Å²) in [6.07, 6.45) is 2.30. The topological polar surface area (TPSA) is 65.5 Å². The van der Waals surface area contributed by atoms with Crippen LogP contribution in [0, 0.1) is 5.92 Å². The lowest BCUT2D eigenvalue weighted by atomic mass is 10.1. The molecule has 0 heterocycles. The summed E-state index contributed by atoms with van der Waals surface area (Å²) < 4.78 is 0. The molecular formula is C17H27IN4O. The number of aliphatic imine (C=N–C) groups is 1. The fraction of sp³-hybridized carbons (Fsp3) is 0.412. The molecule has 6 heteroatoms. The van der Waals surface area contributed by atoms with Crippen molar-refractivity contribution < 1.29 is 4.79 Å². The number of carbonyl (C=O) groups is 1. The molecule has 1 amide bonds. The van der Waals surface area contributed by atoms with Gasteiger partial charge in [-0.3, -0.25) is 9.79 Å². The van der Waals surface area contributed by atoms with Gasteiger partial charge >= 0.3 is 0 Å². The van der Waals surface area contributed by atoms with Crippen molar-refractivity contribution in [3.8, 4) is 0 Å². The van der Waals surface area contributed by atoms with Crippen LogP contribution in [0.1, 0.15) is 25.8 Å². The van der Waals surface area contributed by atoms with Crippen molar-refractivity contribution in [3.05, 3.63) is 42.5 Å². The van der Waals surface area contributed by atoms with Gasteiger partial charge in [0.15, 0.2) is 5.96 Å². The van der Waals surface area contributed by atoms with Crippen LogP contribution < -0.4 is 16.0 Å². The maximum absolute atomic E-state index is 11.8. The van der Waals surface area contributed by atoms with Gasteiger partial charge in [-0.05, 0) is 23.6 Å². The maximum Gasteiger partial charge on any atom is 0.224 e. The molecule has 0 atom stereocenters. The van der Waals surface area contributed by atoms with Crippen LogP contribution in [0.15, 0.2) is 41.9 Å². The van der Waals surface area contributed by atoms with Crippen molar-refractivity contribution in [2.75, 3.05) is 18.9 Å². The molecule has 0 aromatic heterocycles. The highest BCUT2D eigenvalue weighted by atomic mass is 127. The minimum absolute atomic E-state index is 0. The Morgan fingerprint density at radius 3 is 2.70 bits per heavy atom. The molecule has 0 bridgehead atoms. The van der Waals surface area contributed by atoms with E-state index in [0.29, 0.717) is 31.4 Å². The van der Waals surface area contributed by atoms with Crippen LogP contribution in [0.3, 0.4) is 0 Å². The molecule has 1 rings (SSSR count). The van der Waals surface area contributed by atoms with Crippen molar-refractivity contribution in [1.82, 2.24) is 10.6 Å². The van der Waals surface area contributed by atoms with Gasteiger partial charge in [-0.25, -0.2) is 0 Å². The average Bonchev–Trinajstić information content (AvgIpc) is 2.47. The second-order valence-corrected chi connectivity index (χ2v) is 5.44. The lowest BCUT2D eigenvalue weighted by molar-refractivity contribution is -0.116. The Kier molecular flexibility index (Phi) is 11.1. The van der Waals surface area contributed by atoms with E-state index in [1.54, 1.807) is 13.1 Å². The largest absolute Gasteiger partial charge is 0.353 e. The Balaban J connectivity index is 0.00000484. The van der Waals surface area contributed by atoms with E-state index in [2.05, 4.69) is 27.5 Å². The summed E-state index contributed by atoms with van der Waals surface area (Å²) in [6.45, 7) is 9.01. The van der Waals surface area contributed by atoms with Crippen LogP contribution in [0.4, 0.5) is 5.69 Å². The van der Waals surface area contributed by atoms with Gasteiger partial charge in [-0.2, -0.15) is 0 Å². The molecule has 0 radical (unpaired) electrons. The van der Waals surface area contributed by atoms with Crippen molar-refractivity contribution in [3.63, 3.8) is 0 Å². The molecule has 0 aliphatic carbocycles. The first-order valence-electron chi connectivity index (χ1n) is 7.49. The van der Waals surface area contributed by atoms with Crippen LogP contribution in [0.2, 0.25) is 0 Å². The Morgan fingerprint density at radius 1 is 1.35 bits per heavy atom. The highest BCUT2D eigenvalue weighted by molar-refractivity contribution is 14.0. The van der Waals surface area contributed by atoms with E-state index >= 15 is 0 Å². The van der Waals surface area contributed by atoms with Gasteiger partial charge in [0.2, 0.25) is 5.91 Å². The normalized spacial score (nSPS) is 10.7. The summed E-state index contributed by atoms with van der Waals surface area (Å²) in [4.78, 5) is 15.9. The second kappa shape index (κ2) is 11.9. The first-order valence-corrected chi connectivity index (χ1v) is 7.49. The van der Waals surface area contributed by atoms with Gasteiger partial charge in [-0.15, -0.1) is 30.6 Å². The van der Waals surface area contributed by atoms with Crippen molar-refractivity contribution in [2.45, 2.75) is 26.8 Å². The molecule has 0 aliphatic heterocycles. The van der Waals surface area contributed by atoms with Gasteiger partial charge in [-0.1, -0.05) is 32.1 Å². The second-order valence-electron chi connectivity index (χ2n) is 5.44. The molecule has 0 spiro atoms.